The Balaban J connectivity index is 2.31. The molecule has 0 spiro atoms. The molecule has 0 aromatic heterocycles. The molecule has 1 saturated heterocycles. The lowest BCUT2D eigenvalue weighted by Gasteiger charge is -2.17. The van der Waals surface area contributed by atoms with Crippen molar-refractivity contribution in [1.82, 2.24) is 0 Å². The average molecular weight is 265 g/mol. The molecule has 6 nitrogen and oxygen atoms in total. The van der Waals surface area contributed by atoms with Gasteiger partial charge >= 0.3 is 0 Å². The Kier molecular flexibility index (Phi) is 3.38. The molecular formula is C13H15NO5. The van der Waals surface area contributed by atoms with Gasteiger partial charge in [0, 0.05) is 12.1 Å². The molecule has 1 aromatic carbocycles. The first-order chi connectivity index (χ1) is 8.86. The number of ketones is 1. The van der Waals surface area contributed by atoms with E-state index in [1.807, 2.05) is 6.92 Å². The van der Waals surface area contributed by atoms with Gasteiger partial charge in [-0.1, -0.05) is 6.92 Å². The molecule has 1 fully saturated rings. The monoisotopic (exact) mass is 265 g/mol. The topological polar surface area (TPSA) is 89.7 Å². The van der Waals surface area contributed by atoms with Crippen molar-refractivity contribution in [2.24, 2.45) is 5.92 Å². The standard InChI is InChI=1S/C13H15NO5/c1-3-10-11(19-13(2,16)12(10)15)8-4-6-9(7-5-8)14(17)18/h4-7,10-11,16H,3H2,1-2H3/t10-,11-,13?/m0/s1. The van der Waals surface area contributed by atoms with Crippen molar-refractivity contribution in [3.8, 4) is 0 Å². The predicted molar refractivity (Wildman–Crippen MR) is 66.3 cm³/mol. The van der Waals surface area contributed by atoms with E-state index in [1.54, 1.807) is 12.1 Å². The normalized spacial score (nSPS) is 30.6. The average Bonchev–Trinajstić information content (AvgIpc) is 2.60. The van der Waals surface area contributed by atoms with Crippen LogP contribution in [0.2, 0.25) is 0 Å². The van der Waals surface area contributed by atoms with Gasteiger partial charge in [-0.3, -0.25) is 14.9 Å². The van der Waals surface area contributed by atoms with Crippen molar-refractivity contribution in [2.45, 2.75) is 32.2 Å². The van der Waals surface area contributed by atoms with Crippen LogP contribution in [0.4, 0.5) is 5.69 Å². The maximum atomic E-state index is 11.9. The summed E-state index contributed by atoms with van der Waals surface area (Å²) >= 11 is 0. The molecule has 1 N–H and O–H groups in total. The van der Waals surface area contributed by atoms with Crippen LogP contribution < -0.4 is 0 Å². The van der Waals surface area contributed by atoms with Crippen LogP contribution in [0, 0.1) is 16.0 Å². The first kappa shape index (κ1) is 13.6. The SMILES string of the molecule is CC[C@@H]1C(=O)C(C)(O)O[C@H]1c1ccc([N+](=O)[O-])cc1. The molecule has 0 saturated carbocycles. The van der Waals surface area contributed by atoms with Crippen molar-refractivity contribution in [2.75, 3.05) is 0 Å². The third-order valence-electron chi connectivity index (χ3n) is 3.39. The summed E-state index contributed by atoms with van der Waals surface area (Å²) in [6, 6.07) is 5.84. The van der Waals surface area contributed by atoms with E-state index < -0.39 is 22.7 Å². The molecular weight excluding hydrogens is 250 g/mol. The van der Waals surface area contributed by atoms with E-state index in [-0.39, 0.29) is 11.5 Å². The van der Waals surface area contributed by atoms with Gasteiger partial charge in [0.1, 0.15) is 0 Å². The summed E-state index contributed by atoms with van der Waals surface area (Å²) in [7, 11) is 0. The number of benzene rings is 1. The first-order valence-electron chi connectivity index (χ1n) is 6.05. The highest BCUT2D eigenvalue weighted by molar-refractivity contribution is 5.89. The van der Waals surface area contributed by atoms with Gasteiger partial charge in [0.15, 0.2) is 5.78 Å². The number of non-ortho nitro benzene ring substituents is 1. The van der Waals surface area contributed by atoms with Crippen LogP contribution in [0.15, 0.2) is 24.3 Å². The Hall–Kier alpha value is -1.79. The number of aliphatic hydroxyl groups is 1. The molecule has 1 aromatic rings. The van der Waals surface area contributed by atoms with E-state index in [2.05, 4.69) is 0 Å². The number of carbonyl (C=O) groups is 1. The highest BCUT2D eigenvalue weighted by Gasteiger charge is 2.50. The van der Waals surface area contributed by atoms with E-state index in [4.69, 9.17) is 4.74 Å². The summed E-state index contributed by atoms with van der Waals surface area (Å²) in [4.78, 5) is 22.0. The largest absolute Gasteiger partial charge is 0.360 e. The quantitative estimate of drug-likeness (QED) is 0.666. The molecule has 0 radical (unpaired) electrons. The minimum atomic E-state index is -1.78. The lowest BCUT2D eigenvalue weighted by Crippen LogP contribution is -2.33. The fraction of sp³-hybridized carbons (Fsp3) is 0.462. The van der Waals surface area contributed by atoms with E-state index >= 15 is 0 Å². The van der Waals surface area contributed by atoms with Gasteiger partial charge in [-0.05, 0) is 31.0 Å². The third-order valence-corrected chi connectivity index (χ3v) is 3.39. The number of hydrogen-bond acceptors (Lipinski definition) is 5. The lowest BCUT2D eigenvalue weighted by molar-refractivity contribution is -0.384. The Bertz CT molecular complexity index is 508. The van der Waals surface area contributed by atoms with E-state index in [1.165, 1.54) is 19.1 Å². The molecule has 1 unspecified atom stereocenters. The van der Waals surface area contributed by atoms with Crippen LogP contribution in [0.25, 0.3) is 0 Å². The highest BCUT2D eigenvalue weighted by atomic mass is 16.6. The van der Waals surface area contributed by atoms with Gasteiger partial charge in [-0.15, -0.1) is 0 Å². The fourth-order valence-corrected chi connectivity index (χ4v) is 2.35. The number of rotatable bonds is 3. The second-order valence-electron chi connectivity index (χ2n) is 4.75. The summed E-state index contributed by atoms with van der Waals surface area (Å²) < 4.78 is 5.39. The summed E-state index contributed by atoms with van der Waals surface area (Å²) in [5.74, 6) is -2.57. The fourth-order valence-electron chi connectivity index (χ4n) is 2.35. The zero-order valence-electron chi connectivity index (χ0n) is 10.7. The first-order valence-corrected chi connectivity index (χ1v) is 6.05. The van der Waals surface area contributed by atoms with Crippen LogP contribution in [0.1, 0.15) is 31.9 Å². The second-order valence-corrected chi connectivity index (χ2v) is 4.75. The van der Waals surface area contributed by atoms with Gasteiger partial charge in [0.2, 0.25) is 5.79 Å². The Labute approximate surface area is 110 Å². The highest BCUT2D eigenvalue weighted by Crippen LogP contribution is 2.41. The van der Waals surface area contributed by atoms with Crippen molar-refractivity contribution < 1.29 is 19.6 Å². The van der Waals surface area contributed by atoms with E-state index in [9.17, 15) is 20.0 Å². The van der Waals surface area contributed by atoms with Gasteiger partial charge in [-0.25, -0.2) is 0 Å². The lowest BCUT2D eigenvalue weighted by atomic mass is 9.90. The van der Waals surface area contributed by atoms with Gasteiger partial charge in [-0.2, -0.15) is 0 Å². The van der Waals surface area contributed by atoms with E-state index in [0.29, 0.717) is 12.0 Å². The number of Topliss-reactive ketones (excluding diaryl/α,β-unsaturated/α-hetero) is 1. The zero-order valence-corrected chi connectivity index (χ0v) is 10.7. The number of ether oxygens (including phenoxy) is 1. The molecule has 2 rings (SSSR count). The summed E-state index contributed by atoms with van der Waals surface area (Å²) in [6.45, 7) is 3.16. The Morgan fingerprint density at radius 3 is 2.47 bits per heavy atom. The number of nitrogens with zero attached hydrogens (tertiary/aromatic N) is 1. The smallest absolute Gasteiger partial charge is 0.269 e. The van der Waals surface area contributed by atoms with Crippen LogP contribution in [0.3, 0.4) is 0 Å². The van der Waals surface area contributed by atoms with Crippen molar-refractivity contribution in [3.63, 3.8) is 0 Å². The van der Waals surface area contributed by atoms with Crippen LogP contribution in [-0.2, 0) is 9.53 Å². The van der Waals surface area contributed by atoms with Crippen molar-refractivity contribution >= 4 is 11.5 Å². The van der Waals surface area contributed by atoms with Crippen LogP contribution in [-0.4, -0.2) is 21.6 Å². The number of nitro groups is 1. The summed E-state index contributed by atoms with van der Waals surface area (Å²) in [5, 5.41) is 20.4. The molecule has 1 aliphatic heterocycles. The molecule has 0 bridgehead atoms. The van der Waals surface area contributed by atoms with Crippen molar-refractivity contribution in [3.05, 3.63) is 39.9 Å². The van der Waals surface area contributed by atoms with Gasteiger partial charge < -0.3 is 9.84 Å². The number of carbonyl (C=O) groups excluding carboxylic acids is 1. The van der Waals surface area contributed by atoms with Crippen LogP contribution >= 0.6 is 0 Å². The molecule has 6 heteroatoms. The second kappa shape index (κ2) is 4.71. The molecule has 3 atom stereocenters. The predicted octanol–water partition coefficient (Wildman–Crippen LogP) is 1.97. The maximum absolute atomic E-state index is 11.9. The zero-order chi connectivity index (χ0) is 14.2. The number of hydrogen-bond donors (Lipinski definition) is 1. The minimum absolute atomic E-state index is 0.0205. The molecule has 1 aliphatic rings. The van der Waals surface area contributed by atoms with E-state index in [0.717, 1.165) is 0 Å². The van der Waals surface area contributed by atoms with Crippen molar-refractivity contribution in [1.29, 1.82) is 0 Å². The maximum Gasteiger partial charge on any atom is 0.269 e. The Morgan fingerprint density at radius 2 is 2.00 bits per heavy atom. The number of nitro benzene ring substituents is 1. The molecule has 1 heterocycles. The molecule has 19 heavy (non-hydrogen) atoms. The minimum Gasteiger partial charge on any atom is -0.360 e. The Morgan fingerprint density at radius 1 is 1.42 bits per heavy atom. The molecule has 102 valence electrons. The molecule has 0 amide bonds. The molecule has 0 aliphatic carbocycles. The summed E-state index contributed by atoms with van der Waals surface area (Å²) in [6.07, 6.45) is -0.0234. The summed E-state index contributed by atoms with van der Waals surface area (Å²) in [5.41, 5.74) is 0.636. The van der Waals surface area contributed by atoms with Gasteiger partial charge in [0.25, 0.3) is 5.69 Å². The van der Waals surface area contributed by atoms with Crippen LogP contribution in [0.5, 0.6) is 0 Å². The van der Waals surface area contributed by atoms with Gasteiger partial charge in [0.05, 0.1) is 16.9 Å². The third kappa shape index (κ3) is 2.36.